The van der Waals surface area contributed by atoms with Gasteiger partial charge in [-0.05, 0) is 43.7 Å². The molecule has 1 fully saturated rings. The number of furan rings is 1. The second-order valence-corrected chi connectivity index (χ2v) is 6.24. The maximum atomic E-state index is 9.10. The molecule has 3 heterocycles. The van der Waals surface area contributed by atoms with Gasteiger partial charge in [0.15, 0.2) is 0 Å². The van der Waals surface area contributed by atoms with Crippen LogP contribution in [0.4, 0.5) is 0 Å². The molecule has 0 bridgehead atoms. The average molecular weight is 311 g/mol. The molecule has 1 aliphatic heterocycles. The number of hydrogen-bond acceptors (Lipinski definition) is 4. The Hall–Kier alpha value is -2.11. The Morgan fingerprint density at radius 2 is 2.09 bits per heavy atom. The largest absolute Gasteiger partial charge is 0.462 e. The number of fused-ring (bicyclic) bond motifs is 1. The number of imidazole rings is 1. The molecule has 2 aromatic heterocycles. The molecule has 1 aliphatic rings. The zero-order valence-corrected chi connectivity index (χ0v) is 13.0. The quantitative estimate of drug-likeness (QED) is 0.777. The summed E-state index contributed by atoms with van der Waals surface area (Å²) in [4.78, 5) is 10.6. The number of likely N-dealkylation sites (tertiary alicyclic amines) is 1. The minimum absolute atomic E-state index is 0.0401. The van der Waals surface area contributed by atoms with Gasteiger partial charge in [-0.1, -0.05) is 12.1 Å². The first-order valence-corrected chi connectivity index (χ1v) is 8.17. The monoisotopic (exact) mass is 311 g/mol. The Balaban J connectivity index is 1.47. The van der Waals surface area contributed by atoms with E-state index in [1.54, 1.807) is 0 Å². The summed E-state index contributed by atoms with van der Waals surface area (Å²) in [6.45, 7) is 2.80. The molecule has 0 amide bonds. The number of aromatic nitrogens is 2. The van der Waals surface area contributed by atoms with Crippen molar-refractivity contribution in [1.82, 2.24) is 14.9 Å². The Morgan fingerprint density at radius 3 is 2.91 bits per heavy atom. The van der Waals surface area contributed by atoms with E-state index in [2.05, 4.69) is 22.0 Å². The topological polar surface area (TPSA) is 65.3 Å². The summed E-state index contributed by atoms with van der Waals surface area (Å²) in [5, 5.41) is 9.10. The van der Waals surface area contributed by atoms with Crippen LogP contribution in [-0.4, -0.2) is 33.1 Å². The fourth-order valence-electron chi connectivity index (χ4n) is 3.40. The van der Waals surface area contributed by atoms with Crippen molar-refractivity contribution in [1.29, 1.82) is 0 Å². The summed E-state index contributed by atoms with van der Waals surface area (Å²) >= 11 is 0. The van der Waals surface area contributed by atoms with Crippen molar-refractivity contribution >= 4 is 11.0 Å². The summed E-state index contributed by atoms with van der Waals surface area (Å²) in [5.41, 5.74) is 2.15. The van der Waals surface area contributed by atoms with Gasteiger partial charge >= 0.3 is 0 Å². The van der Waals surface area contributed by atoms with Gasteiger partial charge in [0.1, 0.15) is 24.0 Å². The van der Waals surface area contributed by atoms with Crippen molar-refractivity contribution in [2.45, 2.75) is 31.9 Å². The average Bonchev–Trinajstić information content (AvgIpc) is 3.21. The van der Waals surface area contributed by atoms with E-state index in [9.17, 15) is 0 Å². The number of nitrogens with zero attached hydrogens (tertiary/aromatic N) is 2. The van der Waals surface area contributed by atoms with E-state index < -0.39 is 0 Å². The van der Waals surface area contributed by atoms with E-state index in [0.717, 1.165) is 55.1 Å². The van der Waals surface area contributed by atoms with Gasteiger partial charge in [0, 0.05) is 12.5 Å². The van der Waals surface area contributed by atoms with Gasteiger partial charge < -0.3 is 14.5 Å². The zero-order valence-electron chi connectivity index (χ0n) is 13.0. The number of hydrogen-bond donors (Lipinski definition) is 2. The zero-order chi connectivity index (χ0) is 15.6. The SMILES string of the molecule is OCc1ccc(CN2CCC[C@@H](c3nc4ccccc4[nH]3)C2)o1. The Bertz CT molecular complexity index is 759. The number of piperidine rings is 1. The van der Waals surface area contributed by atoms with Gasteiger partial charge in [-0.15, -0.1) is 0 Å². The Kier molecular flexibility index (Phi) is 3.89. The summed E-state index contributed by atoms with van der Waals surface area (Å²) in [5.74, 6) is 3.07. The molecule has 4 rings (SSSR count). The number of para-hydroxylation sites is 2. The number of aromatic amines is 1. The normalized spacial score (nSPS) is 19.4. The Labute approximate surface area is 134 Å². The van der Waals surface area contributed by atoms with Crippen LogP contribution in [0.3, 0.4) is 0 Å². The maximum Gasteiger partial charge on any atom is 0.129 e. The van der Waals surface area contributed by atoms with Crippen molar-refractivity contribution in [3.8, 4) is 0 Å². The van der Waals surface area contributed by atoms with Crippen LogP contribution in [0.1, 0.15) is 36.1 Å². The van der Waals surface area contributed by atoms with Crippen LogP contribution in [0.5, 0.6) is 0 Å². The molecule has 120 valence electrons. The molecule has 1 aromatic carbocycles. The lowest BCUT2D eigenvalue weighted by Gasteiger charge is -2.31. The first-order chi connectivity index (χ1) is 11.3. The van der Waals surface area contributed by atoms with E-state index in [1.165, 1.54) is 0 Å². The number of aliphatic hydroxyl groups excluding tert-OH is 1. The molecule has 0 saturated carbocycles. The third-order valence-corrected chi connectivity index (χ3v) is 4.55. The van der Waals surface area contributed by atoms with Gasteiger partial charge in [0.2, 0.25) is 0 Å². The number of nitrogens with one attached hydrogen (secondary N) is 1. The molecule has 3 aromatic rings. The molecule has 0 aliphatic carbocycles. The third kappa shape index (κ3) is 3.02. The van der Waals surface area contributed by atoms with Crippen molar-refractivity contribution in [3.05, 3.63) is 53.7 Å². The molecule has 23 heavy (non-hydrogen) atoms. The first-order valence-electron chi connectivity index (χ1n) is 8.17. The van der Waals surface area contributed by atoms with Crippen LogP contribution in [0.2, 0.25) is 0 Å². The highest BCUT2D eigenvalue weighted by Gasteiger charge is 2.24. The predicted octanol–water partition coefficient (Wildman–Crippen LogP) is 3.03. The summed E-state index contributed by atoms with van der Waals surface area (Å²) in [6, 6.07) is 12.0. The number of benzene rings is 1. The van der Waals surface area contributed by atoms with Crippen LogP contribution >= 0.6 is 0 Å². The van der Waals surface area contributed by atoms with E-state index >= 15 is 0 Å². The standard InChI is InChI=1S/C18H21N3O2/c22-12-15-8-7-14(23-15)11-21-9-3-4-13(10-21)18-19-16-5-1-2-6-17(16)20-18/h1-2,5-8,13,22H,3-4,9-12H2,(H,19,20)/t13-/m1/s1. The van der Waals surface area contributed by atoms with E-state index in [-0.39, 0.29) is 6.61 Å². The smallest absolute Gasteiger partial charge is 0.129 e. The van der Waals surface area contributed by atoms with Crippen LogP contribution in [0, 0.1) is 0 Å². The molecular formula is C18H21N3O2. The molecule has 1 atom stereocenters. The lowest BCUT2D eigenvalue weighted by atomic mass is 9.97. The second kappa shape index (κ2) is 6.18. The summed E-state index contributed by atoms with van der Waals surface area (Å²) in [6.07, 6.45) is 2.33. The molecule has 0 spiro atoms. The molecule has 0 unspecified atom stereocenters. The number of rotatable bonds is 4. The van der Waals surface area contributed by atoms with Gasteiger partial charge in [0.05, 0.1) is 17.6 Å². The van der Waals surface area contributed by atoms with E-state index in [1.807, 2.05) is 24.3 Å². The van der Waals surface area contributed by atoms with Crippen molar-refractivity contribution < 1.29 is 9.52 Å². The molecule has 5 heteroatoms. The van der Waals surface area contributed by atoms with Crippen LogP contribution in [0.25, 0.3) is 11.0 Å². The third-order valence-electron chi connectivity index (χ3n) is 4.55. The lowest BCUT2D eigenvalue weighted by Crippen LogP contribution is -2.34. The van der Waals surface area contributed by atoms with Gasteiger partial charge in [-0.25, -0.2) is 4.98 Å². The number of aliphatic hydroxyl groups is 1. The Morgan fingerprint density at radius 1 is 1.22 bits per heavy atom. The van der Waals surface area contributed by atoms with Gasteiger partial charge in [-0.3, -0.25) is 4.90 Å². The molecular weight excluding hydrogens is 290 g/mol. The van der Waals surface area contributed by atoms with Gasteiger partial charge in [0.25, 0.3) is 0 Å². The van der Waals surface area contributed by atoms with Crippen LogP contribution in [0.15, 0.2) is 40.8 Å². The minimum Gasteiger partial charge on any atom is -0.462 e. The van der Waals surface area contributed by atoms with E-state index in [0.29, 0.717) is 11.7 Å². The highest BCUT2D eigenvalue weighted by atomic mass is 16.4. The summed E-state index contributed by atoms with van der Waals surface area (Å²) in [7, 11) is 0. The molecule has 5 nitrogen and oxygen atoms in total. The molecule has 1 saturated heterocycles. The highest BCUT2D eigenvalue weighted by Crippen LogP contribution is 2.27. The fourth-order valence-corrected chi connectivity index (χ4v) is 3.40. The number of H-pyrrole nitrogens is 1. The van der Waals surface area contributed by atoms with Crippen molar-refractivity contribution in [3.63, 3.8) is 0 Å². The van der Waals surface area contributed by atoms with Gasteiger partial charge in [-0.2, -0.15) is 0 Å². The fraction of sp³-hybridized carbons (Fsp3) is 0.389. The minimum atomic E-state index is -0.0401. The van der Waals surface area contributed by atoms with Crippen LogP contribution in [-0.2, 0) is 13.2 Å². The highest BCUT2D eigenvalue weighted by molar-refractivity contribution is 5.74. The van der Waals surface area contributed by atoms with Crippen molar-refractivity contribution in [2.24, 2.45) is 0 Å². The van der Waals surface area contributed by atoms with Crippen molar-refractivity contribution in [2.75, 3.05) is 13.1 Å². The second-order valence-electron chi connectivity index (χ2n) is 6.24. The van der Waals surface area contributed by atoms with Crippen LogP contribution < -0.4 is 0 Å². The lowest BCUT2D eigenvalue weighted by molar-refractivity contribution is 0.178. The molecule has 0 radical (unpaired) electrons. The first kappa shape index (κ1) is 14.5. The predicted molar refractivity (Wildman–Crippen MR) is 88.0 cm³/mol. The molecule has 2 N–H and O–H groups in total. The van der Waals surface area contributed by atoms with E-state index in [4.69, 9.17) is 14.5 Å². The summed E-state index contributed by atoms with van der Waals surface area (Å²) < 4.78 is 5.61. The maximum absolute atomic E-state index is 9.10.